The number of benzene rings is 1. The van der Waals surface area contributed by atoms with E-state index in [4.69, 9.17) is 5.73 Å². The van der Waals surface area contributed by atoms with Crippen LogP contribution in [-0.2, 0) is 16.1 Å². The number of carbonyl (C=O) groups is 2. The first kappa shape index (κ1) is 22.4. The lowest BCUT2D eigenvalue weighted by molar-refractivity contribution is -0.134. The monoisotopic (exact) mass is 385 g/mol. The topological polar surface area (TPSA) is 66.6 Å². The maximum Gasteiger partial charge on any atom is 0.224 e. The van der Waals surface area contributed by atoms with Crippen LogP contribution in [0, 0.1) is 11.7 Å². The quantitative estimate of drug-likeness (QED) is 0.818. The number of rotatable bonds is 6. The van der Waals surface area contributed by atoms with Crippen molar-refractivity contribution in [3.63, 3.8) is 0 Å². The number of hydrogen-bond donors (Lipinski definition) is 1. The molecule has 1 saturated heterocycles. The van der Waals surface area contributed by atoms with Gasteiger partial charge < -0.3 is 15.5 Å². The molecule has 5 nitrogen and oxygen atoms in total. The van der Waals surface area contributed by atoms with Crippen molar-refractivity contribution in [2.45, 2.75) is 45.7 Å². The van der Waals surface area contributed by atoms with Crippen LogP contribution >= 0.6 is 12.4 Å². The second kappa shape index (κ2) is 10.5. The molecule has 0 saturated carbocycles. The molecular formula is C19H29ClFN3O2. The maximum absolute atomic E-state index is 13.1. The second-order valence-corrected chi connectivity index (χ2v) is 6.94. The Labute approximate surface area is 161 Å². The molecule has 1 aromatic rings. The Morgan fingerprint density at radius 2 is 1.96 bits per heavy atom. The predicted molar refractivity (Wildman–Crippen MR) is 102 cm³/mol. The highest BCUT2D eigenvalue weighted by Gasteiger charge is 2.33. The van der Waals surface area contributed by atoms with Gasteiger partial charge in [0.05, 0.1) is 6.04 Å². The van der Waals surface area contributed by atoms with Crippen LogP contribution in [0.4, 0.5) is 4.39 Å². The van der Waals surface area contributed by atoms with E-state index in [1.165, 1.54) is 12.1 Å². The van der Waals surface area contributed by atoms with E-state index >= 15 is 0 Å². The Morgan fingerprint density at radius 3 is 2.54 bits per heavy atom. The Morgan fingerprint density at radius 1 is 1.31 bits per heavy atom. The zero-order valence-electron chi connectivity index (χ0n) is 15.5. The molecule has 2 N–H and O–H groups in total. The van der Waals surface area contributed by atoms with Crippen molar-refractivity contribution in [3.05, 3.63) is 35.6 Å². The molecule has 1 unspecified atom stereocenters. The van der Waals surface area contributed by atoms with Crippen LogP contribution in [0.25, 0.3) is 0 Å². The lowest BCUT2D eigenvalue weighted by atomic mass is 10.0. The van der Waals surface area contributed by atoms with Crippen LogP contribution in [0.15, 0.2) is 24.3 Å². The zero-order valence-corrected chi connectivity index (χ0v) is 16.3. The number of halogens is 2. The summed E-state index contributed by atoms with van der Waals surface area (Å²) < 4.78 is 13.1. The molecule has 1 fully saturated rings. The number of carbonyl (C=O) groups excluding carboxylic acids is 2. The van der Waals surface area contributed by atoms with Crippen molar-refractivity contribution in [3.8, 4) is 0 Å². The molecule has 0 aromatic heterocycles. The van der Waals surface area contributed by atoms with Gasteiger partial charge in [0.15, 0.2) is 0 Å². The molecule has 1 aliphatic rings. The first-order valence-corrected chi connectivity index (χ1v) is 8.94. The molecule has 7 heteroatoms. The minimum atomic E-state index is -0.289. The highest BCUT2D eigenvalue weighted by atomic mass is 35.5. The van der Waals surface area contributed by atoms with E-state index < -0.39 is 0 Å². The molecule has 146 valence electrons. The molecule has 1 heterocycles. The smallest absolute Gasteiger partial charge is 0.224 e. The SMILES string of the molecule is CC(C)C1CN(C(=O)CCCN)CCC(=O)N1Cc1ccc(F)cc1.Cl. The molecule has 0 aliphatic carbocycles. The van der Waals surface area contributed by atoms with Crippen molar-refractivity contribution < 1.29 is 14.0 Å². The molecule has 26 heavy (non-hydrogen) atoms. The lowest BCUT2D eigenvalue weighted by Gasteiger charge is -2.34. The molecule has 0 spiro atoms. The Hall–Kier alpha value is -1.66. The van der Waals surface area contributed by atoms with Crippen LogP contribution in [0.5, 0.6) is 0 Å². The highest BCUT2D eigenvalue weighted by Crippen LogP contribution is 2.21. The van der Waals surface area contributed by atoms with E-state index in [0.717, 1.165) is 5.56 Å². The summed E-state index contributed by atoms with van der Waals surface area (Å²) in [7, 11) is 0. The zero-order chi connectivity index (χ0) is 18.4. The van der Waals surface area contributed by atoms with E-state index in [9.17, 15) is 14.0 Å². The molecule has 1 aromatic carbocycles. The standard InChI is InChI=1S/C19H28FN3O2.ClH/c1-14(2)17-13-22(18(24)4-3-10-21)11-9-19(25)23(17)12-15-5-7-16(20)8-6-15;/h5-8,14,17H,3-4,9-13,21H2,1-2H3;1H. The normalized spacial score (nSPS) is 17.9. The molecule has 0 radical (unpaired) electrons. The Bertz CT molecular complexity index is 595. The third kappa shape index (κ3) is 5.95. The first-order valence-electron chi connectivity index (χ1n) is 8.94. The summed E-state index contributed by atoms with van der Waals surface area (Å²) in [5.41, 5.74) is 6.39. The van der Waals surface area contributed by atoms with Gasteiger partial charge in [0.1, 0.15) is 5.82 Å². The summed E-state index contributed by atoms with van der Waals surface area (Å²) in [5.74, 6) is 0.0278. The fourth-order valence-electron chi connectivity index (χ4n) is 3.18. The molecule has 2 amide bonds. The van der Waals surface area contributed by atoms with E-state index in [1.807, 2.05) is 4.90 Å². The van der Waals surface area contributed by atoms with Crippen molar-refractivity contribution in [2.75, 3.05) is 19.6 Å². The summed E-state index contributed by atoms with van der Waals surface area (Å²) in [6.45, 7) is 6.03. The number of amides is 2. The van der Waals surface area contributed by atoms with Gasteiger partial charge in [-0.1, -0.05) is 26.0 Å². The third-order valence-electron chi connectivity index (χ3n) is 4.71. The van der Waals surface area contributed by atoms with Gasteiger partial charge in [-0.25, -0.2) is 4.39 Å². The number of nitrogens with zero attached hydrogens (tertiary/aromatic N) is 2. The van der Waals surface area contributed by atoms with Gasteiger partial charge in [0.2, 0.25) is 11.8 Å². The number of hydrogen-bond acceptors (Lipinski definition) is 3. The lowest BCUT2D eigenvalue weighted by Crippen LogP contribution is -2.47. The van der Waals surface area contributed by atoms with Gasteiger partial charge in [0.25, 0.3) is 0 Å². The summed E-state index contributed by atoms with van der Waals surface area (Å²) in [4.78, 5) is 28.7. The van der Waals surface area contributed by atoms with E-state index in [-0.39, 0.29) is 42.0 Å². The van der Waals surface area contributed by atoms with Crippen LogP contribution < -0.4 is 5.73 Å². The maximum atomic E-state index is 13.1. The van der Waals surface area contributed by atoms with Gasteiger partial charge in [-0.2, -0.15) is 0 Å². The third-order valence-corrected chi connectivity index (χ3v) is 4.71. The molecule has 0 bridgehead atoms. The Balaban J connectivity index is 0.00000338. The van der Waals surface area contributed by atoms with Crippen molar-refractivity contribution in [1.29, 1.82) is 0 Å². The predicted octanol–water partition coefficient (Wildman–Crippen LogP) is 2.57. The fourth-order valence-corrected chi connectivity index (χ4v) is 3.18. The second-order valence-electron chi connectivity index (χ2n) is 6.94. The first-order chi connectivity index (χ1) is 11.9. The van der Waals surface area contributed by atoms with E-state index in [1.54, 1.807) is 17.0 Å². The summed E-state index contributed by atoms with van der Waals surface area (Å²) in [5, 5.41) is 0. The molecular weight excluding hydrogens is 357 g/mol. The molecule has 2 rings (SSSR count). The molecule has 1 aliphatic heterocycles. The van der Waals surface area contributed by atoms with Gasteiger partial charge >= 0.3 is 0 Å². The minimum Gasteiger partial charge on any atom is -0.340 e. The van der Waals surface area contributed by atoms with Gasteiger partial charge in [-0.3, -0.25) is 9.59 Å². The fraction of sp³-hybridized carbons (Fsp3) is 0.579. The van der Waals surface area contributed by atoms with E-state index in [2.05, 4.69) is 13.8 Å². The van der Waals surface area contributed by atoms with Gasteiger partial charge in [-0.05, 0) is 36.6 Å². The number of nitrogens with two attached hydrogens (primary N) is 1. The highest BCUT2D eigenvalue weighted by molar-refractivity contribution is 5.85. The van der Waals surface area contributed by atoms with Crippen LogP contribution in [0.3, 0.4) is 0 Å². The average Bonchev–Trinajstić information content (AvgIpc) is 2.75. The Kier molecular flexibility index (Phi) is 9.02. The van der Waals surface area contributed by atoms with Gasteiger partial charge in [-0.15, -0.1) is 12.4 Å². The van der Waals surface area contributed by atoms with Crippen LogP contribution in [0.1, 0.15) is 38.7 Å². The summed E-state index contributed by atoms with van der Waals surface area (Å²) >= 11 is 0. The minimum absolute atomic E-state index is 0. The summed E-state index contributed by atoms with van der Waals surface area (Å²) in [6.07, 6.45) is 1.40. The summed E-state index contributed by atoms with van der Waals surface area (Å²) in [6, 6.07) is 6.17. The van der Waals surface area contributed by atoms with Crippen LogP contribution in [0.2, 0.25) is 0 Å². The average molecular weight is 386 g/mol. The van der Waals surface area contributed by atoms with Crippen molar-refractivity contribution in [1.82, 2.24) is 9.80 Å². The van der Waals surface area contributed by atoms with Gasteiger partial charge in [0, 0.05) is 32.5 Å². The largest absolute Gasteiger partial charge is 0.340 e. The van der Waals surface area contributed by atoms with Crippen molar-refractivity contribution in [2.24, 2.45) is 11.7 Å². The van der Waals surface area contributed by atoms with Crippen molar-refractivity contribution >= 4 is 24.2 Å². The van der Waals surface area contributed by atoms with Crippen LogP contribution in [-0.4, -0.2) is 47.3 Å². The molecule has 1 atom stereocenters. The van der Waals surface area contributed by atoms with E-state index in [0.29, 0.717) is 45.4 Å².